The molecule has 1 amide bonds. The maximum absolute atomic E-state index is 12.8. The molecule has 0 saturated carbocycles. The second kappa shape index (κ2) is 8.76. The second-order valence-corrected chi connectivity index (χ2v) is 7.13. The molecule has 0 bridgehead atoms. The van der Waals surface area contributed by atoms with Gasteiger partial charge in [-0.2, -0.15) is 10.2 Å². The lowest BCUT2D eigenvalue weighted by molar-refractivity contribution is 0.150. The van der Waals surface area contributed by atoms with Crippen molar-refractivity contribution in [3.05, 3.63) is 60.2 Å². The molecule has 0 spiro atoms. The summed E-state index contributed by atoms with van der Waals surface area (Å²) in [5, 5.41) is 9.76. The third-order valence-electron chi connectivity index (χ3n) is 5.04. The number of rotatable bonds is 4. The molecule has 1 aliphatic rings. The number of fused-ring (bicyclic) bond motifs is 1. The number of carbonyl (C=O) groups excluding carboxylic acids is 1. The van der Waals surface area contributed by atoms with E-state index in [1.807, 2.05) is 60.8 Å². The van der Waals surface area contributed by atoms with Crippen molar-refractivity contribution in [2.45, 2.75) is 6.61 Å². The topological polar surface area (TPSA) is 85.6 Å². The van der Waals surface area contributed by atoms with E-state index in [0.29, 0.717) is 16.9 Å². The lowest BCUT2D eigenvalue weighted by atomic mass is 10.2. The Hall–Kier alpha value is -3.70. The molecule has 30 heavy (non-hydrogen) atoms. The van der Waals surface area contributed by atoms with Crippen molar-refractivity contribution in [1.82, 2.24) is 14.9 Å². The minimum Gasteiger partial charge on any atom is -0.444 e. The highest BCUT2D eigenvalue weighted by molar-refractivity contribution is 5.94. The molecule has 3 aromatic rings. The number of aromatic nitrogens is 2. The number of amides is 1. The van der Waals surface area contributed by atoms with Crippen LogP contribution in [-0.2, 0) is 11.3 Å². The quantitative estimate of drug-likeness (QED) is 0.490. The molecule has 4 rings (SSSR count). The highest BCUT2D eigenvalue weighted by atomic mass is 16.6. The molecular formula is C22H22N6O2. The van der Waals surface area contributed by atoms with E-state index in [0.717, 1.165) is 36.6 Å². The number of nitriles is 1. The molecule has 152 valence electrons. The SMILES string of the molecule is CN1CCN(c2nc3ccccc3nc2N(C#N)C(=O)OCc2ccccc2)CC1. The van der Waals surface area contributed by atoms with Gasteiger partial charge in [-0.25, -0.2) is 14.8 Å². The Labute approximate surface area is 174 Å². The van der Waals surface area contributed by atoms with Crippen LogP contribution in [0, 0.1) is 11.5 Å². The molecule has 8 heteroatoms. The van der Waals surface area contributed by atoms with Gasteiger partial charge in [-0.15, -0.1) is 0 Å². The Kier molecular flexibility index (Phi) is 5.72. The van der Waals surface area contributed by atoms with Gasteiger partial charge >= 0.3 is 6.09 Å². The van der Waals surface area contributed by atoms with Gasteiger partial charge in [-0.3, -0.25) is 0 Å². The third kappa shape index (κ3) is 4.16. The highest BCUT2D eigenvalue weighted by Gasteiger charge is 2.28. The fourth-order valence-corrected chi connectivity index (χ4v) is 3.32. The molecule has 0 aliphatic carbocycles. The van der Waals surface area contributed by atoms with Gasteiger partial charge in [-0.1, -0.05) is 42.5 Å². The van der Waals surface area contributed by atoms with Crippen molar-refractivity contribution < 1.29 is 9.53 Å². The summed E-state index contributed by atoms with van der Waals surface area (Å²) in [6, 6.07) is 16.8. The summed E-state index contributed by atoms with van der Waals surface area (Å²) in [5.41, 5.74) is 2.17. The Morgan fingerprint density at radius 2 is 1.67 bits per heavy atom. The van der Waals surface area contributed by atoms with E-state index in [1.165, 1.54) is 0 Å². The molecule has 1 aromatic heterocycles. The number of nitrogens with zero attached hydrogens (tertiary/aromatic N) is 6. The first-order valence-electron chi connectivity index (χ1n) is 9.76. The Bertz CT molecular complexity index is 1070. The zero-order valence-electron chi connectivity index (χ0n) is 16.7. The van der Waals surface area contributed by atoms with Gasteiger partial charge < -0.3 is 14.5 Å². The van der Waals surface area contributed by atoms with Crippen molar-refractivity contribution >= 4 is 28.8 Å². The number of hydrogen-bond donors (Lipinski definition) is 0. The maximum Gasteiger partial charge on any atom is 0.429 e. The molecule has 2 heterocycles. The third-order valence-corrected chi connectivity index (χ3v) is 5.04. The number of para-hydroxylation sites is 2. The van der Waals surface area contributed by atoms with Crippen LogP contribution in [0.4, 0.5) is 16.4 Å². The van der Waals surface area contributed by atoms with Crippen molar-refractivity contribution in [1.29, 1.82) is 5.26 Å². The first-order chi connectivity index (χ1) is 14.7. The van der Waals surface area contributed by atoms with Crippen LogP contribution in [0.5, 0.6) is 0 Å². The fourth-order valence-electron chi connectivity index (χ4n) is 3.32. The standard InChI is InChI=1S/C22H22N6O2/c1-26-11-13-27(14-12-26)20-21(25-19-10-6-5-9-18(19)24-20)28(16-23)22(29)30-15-17-7-3-2-4-8-17/h2-10H,11-15H2,1H3. The molecule has 1 saturated heterocycles. The van der Waals surface area contributed by atoms with Crippen LogP contribution in [0.1, 0.15) is 5.56 Å². The summed E-state index contributed by atoms with van der Waals surface area (Å²) >= 11 is 0. The molecule has 2 aromatic carbocycles. The minimum atomic E-state index is -0.777. The molecule has 0 radical (unpaired) electrons. The van der Waals surface area contributed by atoms with Crippen molar-refractivity contribution in [2.75, 3.05) is 43.0 Å². The summed E-state index contributed by atoms with van der Waals surface area (Å²) in [6.07, 6.45) is 1.15. The number of hydrogen-bond acceptors (Lipinski definition) is 7. The molecule has 8 nitrogen and oxygen atoms in total. The average molecular weight is 402 g/mol. The molecule has 1 fully saturated rings. The normalized spacial score (nSPS) is 14.3. The first kappa shape index (κ1) is 19.6. The zero-order chi connectivity index (χ0) is 20.9. The number of likely N-dealkylation sites (N-methyl/N-ethyl adjacent to an activating group) is 1. The zero-order valence-corrected chi connectivity index (χ0v) is 16.7. The summed E-state index contributed by atoms with van der Waals surface area (Å²) in [6.45, 7) is 3.25. The van der Waals surface area contributed by atoms with E-state index in [4.69, 9.17) is 9.72 Å². The average Bonchev–Trinajstić information content (AvgIpc) is 2.79. The van der Waals surface area contributed by atoms with Crippen LogP contribution >= 0.6 is 0 Å². The number of anilines is 2. The number of ether oxygens (including phenoxy) is 1. The van der Waals surface area contributed by atoms with E-state index in [9.17, 15) is 10.1 Å². The van der Waals surface area contributed by atoms with Gasteiger partial charge in [0, 0.05) is 26.2 Å². The summed E-state index contributed by atoms with van der Waals surface area (Å²) in [4.78, 5) is 27.3. The Balaban J connectivity index is 1.66. The maximum atomic E-state index is 12.8. The second-order valence-electron chi connectivity index (χ2n) is 7.13. The fraction of sp³-hybridized carbons (Fsp3) is 0.273. The molecule has 0 unspecified atom stereocenters. The Morgan fingerprint density at radius 1 is 1.03 bits per heavy atom. The molecular weight excluding hydrogens is 380 g/mol. The van der Waals surface area contributed by atoms with Gasteiger partial charge in [0.15, 0.2) is 17.8 Å². The van der Waals surface area contributed by atoms with Crippen molar-refractivity contribution in [3.8, 4) is 6.19 Å². The minimum absolute atomic E-state index is 0.0721. The number of piperazine rings is 1. The summed E-state index contributed by atoms with van der Waals surface area (Å²) < 4.78 is 5.38. The first-order valence-corrected chi connectivity index (χ1v) is 9.76. The van der Waals surface area contributed by atoms with E-state index in [-0.39, 0.29) is 12.4 Å². The predicted octanol–water partition coefficient (Wildman–Crippen LogP) is 3.01. The van der Waals surface area contributed by atoms with Crippen molar-refractivity contribution in [2.24, 2.45) is 0 Å². The van der Waals surface area contributed by atoms with Gasteiger partial charge in [0.2, 0.25) is 0 Å². The van der Waals surface area contributed by atoms with Crippen LogP contribution in [0.25, 0.3) is 11.0 Å². The van der Waals surface area contributed by atoms with Gasteiger partial charge in [0.25, 0.3) is 0 Å². The van der Waals surface area contributed by atoms with Crippen LogP contribution in [-0.4, -0.2) is 54.2 Å². The largest absolute Gasteiger partial charge is 0.444 e. The summed E-state index contributed by atoms with van der Waals surface area (Å²) in [5.74, 6) is 0.707. The van der Waals surface area contributed by atoms with Crippen LogP contribution in [0.15, 0.2) is 54.6 Å². The lowest BCUT2D eigenvalue weighted by Crippen LogP contribution is -2.45. The van der Waals surface area contributed by atoms with Crippen LogP contribution < -0.4 is 9.80 Å². The molecule has 0 atom stereocenters. The van der Waals surface area contributed by atoms with E-state index >= 15 is 0 Å². The summed E-state index contributed by atoms with van der Waals surface area (Å²) in [7, 11) is 2.06. The molecule has 0 N–H and O–H groups in total. The number of carbonyl (C=O) groups is 1. The van der Waals surface area contributed by atoms with Crippen molar-refractivity contribution in [3.63, 3.8) is 0 Å². The van der Waals surface area contributed by atoms with Crippen LogP contribution in [0.2, 0.25) is 0 Å². The van der Waals surface area contributed by atoms with E-state index < -0.39 is 6.09 Å². The van der Waals surface area contributed by atoms with Crippen LogP contribution in [0.3, 0.4) is 0 Å². The predicted molar refractivity (Wildman–Crippen MR) is 114 cm³/mol. The van der Waals surface area contributed by atoms with Gasteiger partial charge in [0.05, 0.1) is 11.0 Å². The van der Waals surface area contributed by atoms with Gasteiger partial charge in [0.1, 0.15) is 6.61 Å². The van der Waals surface area contributed by atoms with Gasteiger partial charge in [-0.05, 0) is 24.7 Å². The Morgan fingerprint density at radius 3 is 2.33 bits per heavy atom. The van der Waals surface area contributed by atoms with E-state index in [1.54, 1.807) is 0 Å². The smallest absolute Gasteiger partial charge is 0.429 e. The highest BCUT2D eigenvalue weighted by Crippen LogP contribution is 2.29. The number of benzene rings is 2. The lowest BCUT2D eigenvalue weighted by Gasteiger charge is -2.34. The van der Waals surface area contributed by atoms with E-state index in [2.05, 4.69) is 21.8 Å². The molecule has 1 aliphatic heterocycles. The monoisotopic (exact) mass is 402 g/mol.